The average Bonchev–Trinajstić information content (AvgIpc) is 3.06. The van der Waals surface area contributed by atoms with E-state index in [-0.39, 0.29) is 29.5 Å². The summed E-state index contributed by atoms with van der Waals surface area (Å²) in [6, 6.07) is 4.86. The normalized spacial score (nSPS) is 19.0. The lowest BCUT2D eigenvalue weighted by atomic mass is 9.91. The van der Waals surface area contributed by atoms with Gasteiger partial charge in [-0.1, -0.05) is 12.8 Å². The maximum atomic E-state index is 13.1. The van der Waals surface area contributed by atoms with Crippen LogP contribution in [-0.4, -0.2) is 43.0 Å². The van der Waals surface area contributed by atoms with Gasteiger partial charge in [-0.05, 0) is 38.0 Å². The van der Waals surface area contributed by atoms with Gasteiger partial charge in [0.25, 0.3) is 5.91 Å². The molecule has 12 heteroatoms. The zero-order valence-electron chi connectivity index (χ0n) is 16.8. The molecule has 0 unspecified atom stereocenters. The predicted molar refractivity (Wildman–Crippen MR) is 111 cm³/mol. The molecule has 1 aliphatic carbocycles. The number of alkyl halides is 2. The van der Waals surface area contributed by atoms with E-state index < -0.39 is 12.5 Å². The number of aromatic nitrogens is 5. The standard InChI is InChI=1S/C19H23F2N9O/c1-9-11-8-10(6-7-13(11)29-30(9)18(20)21)24-17-15(16(23)31)27-28-19(26-17)25-14-5-3-2-4-12(14)22/h6-8,12,14,18H,2-5,22H2,1H3,(H2,23,31)(H2,24,25,26,28)/t12-,14+/m0/s1. The number of halogens is 2. The highest BCUT2D eigenvalue weighted by atomic mass is 19.3. The van der Waals surface area contributed by atoms with Crippen LogP contribution in [0.25, 0.3) is 10.9 Å². The third-order valence-electron chi connectivity index (χ3n) is 5.45. The fourth-order valence-electron chi connectivity index (χ4n) is 3.78. The number of benzene rings is 1. The second-order valence-electron chi connectivity index (χ2n) is 7.56. The molecular weight excluding hydrogens is 408 g/mol. The van der Waals surface area contributed by atoms with Crippen LogP contribution in [0.4, 0.5) is 26.2 Å². The van der Waals surface area contributed by atoms with Crippen molar-refractivity contribution in [2.24, 2.45) is 11.5 Å². The van der Waals surface area contributed by atoms with Crippen molar-refractivity contribution in [3.63, 3.8) is 0 Å². The minimum Gasteiger partial charge on any atom is -0.364 e. The summed E-state index contributed by atoms with van der Waals surface area (Å²) in [5, 5.41) is 18.5. The fourth-order valence-corrected chi connectivity index (χ4v) is 3.78. The van der Waals surface area contributed by atoms with Gasteiger partial charge in [-0.15, -0.1) is 10.2 Å². The highest BCUT2D eigenvalue weighted by molar-refractivity contribution is 5.96. The summed E-state index contributed by atoms with van der Waals surface area (Å²) in [4.78, 5) is 16.2. The number of fused-ring (bicyclic) bond motifs is 1. The number of carbonyl (C=O) groups is 1. The van der Waals surface area contributed by atoms with E-state index in [0.29, 0.717) is 27.0 Å². The van der Waals surface area contributed by atoms with Gasteiger partial charge in [-0.25, -0.2) is 4.68 Å². The van der Waals surface area contributed by atoms with Gasteiger partial charge in [0, 0.05) is 28.9 Å². The molecule has 0 bridgehead atoms. The number of amides is 1. The number of aryl methyl sites for hydroxylation is 1. The molecular formula is C19H23F2N9O. The van der Waals surface area contributed by atoms with Crippen LogP contribution in [0.15, 0.2) is 18.2 Å². The minimum atomic E-state index is -2.74. The lowest BCUT2D eigenvalue weighted by molar-refractivity contribution is 0.0552. The predicted octanol–water partition coefficient (Wildman–Crippen LogP) is 2.45. The smallest absolute Gasteiger partial charge is 0.333 e. The molecule has 2 heterocycles. The van der Waals surface area contributed by atoms with E-state index >= 15 is 0 Å². The number of hydrogen-bond acceptors (Lipinski definition) is 8. The van der Waals surface area contributed by atoms with Crippen LogP contribution in [-0.2, 0) is 0 Å². The van der Waals surface area contributed by atoms with Gasteiger partial charge in [0.15, 0.2) is 11.5 Å². The topological polar surface area (TPSA) is 150 Å². The Hall–Kier alpha value is -3.41. The second-order valence-corrected chi connectivity index (χ2v) is 7.56. The Morgan fingerprint density at radius 1 is 1.26 bits per heavy atom. The van der Waals surface area contributed by atoms with Crippen molar-refractivity contribution in [2.45, 2.75) is 51.2 Å². The molecule has 0 spiro atoms. The van der Waals surface area contributed by atoms with Crippen molar-refractivity contribution in [3.8, 4) is 0 Å². The molecule has 0 radical (unpaired) electrons. The molecule has 6 N–H and O–H groups in total. The Morgan fingerprint density at radius 2 is 2.03 bits per heavy atom. The van der Waals surface area contributed by atoms with Gasteiger partial charge in [-0.3, -0.25) is 4.79 Å². The molecule has 0 aliphatic heterocycles. The van der Waals surface area contributed by atoms with Gasteiger partial charge < -0.3 is 22.1 Å². The van der Waals surface area contributed by atoms with Crippen LogP contribution in [0.2, 0.25) is 0 Å². The number of nitrogens with one attached hydrogen (secondary N) is 2. The first-order chi connectivity index (χ1) is 14.8. The first kappa shape index (κ1) is 20.8. The summed E-state index contributed by atoms with van der Waals surface area (Å²) >= 11 is 0. The third kappa shape index (κ3) is 4.24. The number of carbonyl (C=O) groups excluding carboxylic acids is 1. The number of anilines is 3. The number of nitrogens with zero attached hydrogens (tertiary/aromatic N) is 5. The van der Waals surface area contributed by atoms with Crippen molar-refractivity contribution in [1.82, 2.24) is 25.0 Å². The molecule has 164 valence electrons. The molecule has 0 saturated heterocycles. The highest BCUT2D eigenvalue weighted by Crippen LogP contribution is 2.27. The Kier molecular flexibility index (Phi) is 5.63. The van der Waals surface area contributed by atoms with E-state index in [4.69, 9.17) is 11.5 Å². The molecule has 2 aromatic heterocycles. The lowest BCUT2D eigenvalue weighted by Gasteiger charge is -2.29. The number of rotatable bonds is 6. The first-order valence-corrected chi connectivity index (χ1v) is 9.94. The number of nitrogens with two attached hydrogens (primary N) is 2. The van der Waals surface area contributed by atoms with E-state index in [2.05, 4.69) is 30.9 Å². The van der Waals surface area contributed by atoms with E-state index in [0.717, 1.165) is 25.7 Å². The number of hydrogen-bond donors (Lipinski definition) is 4. The second kappa shape index (κ2) is 8.38. The van der Waals surface area contributed by atoms with E-state index in [1.54, 1.807) is 25.1 Å². The molecule has 10 nitrogen and oxygen atoms in total. The Balaban J connectivity index is 1.64. The highest BCUT2D eigenvalue weighted by Gasteiger charge is 2.24. The molecule has 2 atom stereocenters. The summed E-state index contributed by atoms with van der Waals surface area (Å²) in [6.07, 6.45) is 3.92. The van der Waals surface area contributed by atoms with Gasteiger partial charge >= 0.3 is 6.55 Å². The Labute approximate surface area is 176 Å². The van der Waals surface area contributed by atoms with Gasteiger partial charge in [-0.2, -0.15) is 18.9 Å². The average molecular weight is 431 g/mol. The summed E-state index contributed by atoms with van der Waals surface area (Å²) in [7, 11) is 0. The van der Waals surface area contributed by atoms with E-state index in [1.807, 2.05) is 0 Å². The molecule has 1 fully saturated rings. The molecule has 4 rings (SSSR count). The van der Waals surface area contributed by atoms with Gasteiger partial charge in [0.05, 0.1) is 5.52 Å². The van der Waals surface area contributed by atoms with Crippen LogP contribution in [0.1, 0.15) is 48.4 Å². The van der Waals surface area contributed by atoms with Crippen LogP contribution in [0.5, 0.6) is 0 Å². The summed E-state index contributed by atoms with van der Waals surface area (Å²) in [5.74, 6) is -0.475. The Bertz CT molecular complexity index is 1120. The van der Waals surface area contributed by atoms with Crippen LogP contribution >= 0.6 is 0 Å². The first-order valence-electron chi connectivity index (χ1n) is 9.94. The molecule has 1 aliphatic rings. The fraction of sp³-hybridized carbons (Fsp3) is 0.421. The van der Waals surface area contributed by atoms with Crippen LogP contribution in [0.3, 0.4) is 0 Å². The molecule has 3 aromatic rings. The zero-order valence-corrected chi connectivity index (χ0v) is 16.8. The minimum absolute atomic E-state index is 0.00186. The van der Waals surface area contributed by atoms with Crippen LogP contribution in [0, 0.1) is 6.92 Å². The molecule has 1 aromatic carbocycles. The van der Waals surface area contributed by atoms with Gasteiger partial charge in [0.2, 0.25) is 5.95 Å². The van der Waals surface area contributed by atoms with Crippen molar-refractivity contribution in [2.75, 3.05) is 10.6 Å². The number of primary amides is 1. The lowest BCUT2D eigenvalue weighted by Crippen LogP contribution is -2.43. The molecule has 1 amide bonds. The summed E-state index contributed by atoms with van der Waals surface area (Å²) < 4.78 is 26.9. The maximum Gasteiger partial charge on any atom is 0.333 e. The molecule has 31 heavy (non-hydrogen) atoms. The van der Waals surface area contributed by atoms with Crippen molar-refractivity contribution in [3.05, 3.63) is 29.6 Å². The third-order valence-corrected chi connectivity index (χ3v) is 5.45. The van der Waals surface area contributed by atoms with Crippen molar-refractivity contribution >= 4 is 34.3 Å². The van der Waals surface area contributed by atoms with Gasteiger partial charge in [0.1, 0.15) is 0 Å². The van der Waals surface area contributed by atoms with Crippen molar-refractivity contribution in [1.29, 1.82) is 0 Å². The monoisotopic (exact) mass is 431 g/mol. The SMILES string of the molecule is Cc1c2cc(Nc3nc(N[C@@H]4CCCC[C@@H]4N)nnc3C(N)=O)ccc2nn1C(F)F. The largest absolute Gasteiger partial charge is 0.364 e. The van der Waals surface area contributed by atoms with E-state index in [9.17, 15) is 13.6 Å². The Morgan fingerprint density at radius 3 is 2.74 bits per heavy atom. The van der Waals surface area contributed by atoms with Crippen LogP contribution < -0.4 is 22.1 Å². The maximum absolute atomic E-state index is 13.1. The van der Waals surface area contributed by atoms with Crippen molar-refractivity contribution < 1.29 is 13.6 Å². The quantitative estimate of drug-likeness (QED) is 0.465. The molecule has 1 saturated carbocycles. The summed E-state index contributed by atoms with van der Waals surface area (Å²) in [5.41, 5.74) is 12.7. The van der Waals surface area contributed by atoms with E-state index in [1.165, 1.54) is 0 Å². The zero-order chi connectivity index (χ0) is 22.1. The summed E-state index contributed by atoms with van der Waals surface area (Å²) in [6.45, 7) is -1.18.